The van der Waals surface area contributed by atoms with Crippen LogP contribution in [0.3, 0.4) is 0 Å². The molecular weight excluding hydrogens is 500 g/mol. The molecule has 38 heavy (non-hydrogen) atoms. The molecule has 0 aliphatic carbocycles. The predicted molar refractivity (Wildman–Crippen MR) is 133 cm³/mol. The van der Waals surface area contributed by atoms with Crippen molar-refractivity contribution in [3.05, 3.63) is 46.6 Å². The number of aromatic hydroxyl groups is 1. The summed E-state index contributed by atoms with van der Waals surface area (Å²) in [6.07, 6.45) is -1.16. The second-order valence-corrected chi connectivity index (χ2v) is 8.59. The van der Waals surface area contributed by atoms with Crippen LogP contribution < -0.4 is 19.6 Å². The molecule has 0 unspecified atom stereocenters. The Labute approximate surface area is 216 Å². The lowest BCUT2D eigenvalue weighted by Gasteiger charge is -2.26. The van der Waals surface area contributed by atoms with Crippen molar-refractivity contribution in [2.24, 2.45) is 0 Å². The molecule has 2 amide bonds. The molecule has 1 aromatic heterocycles. The molecule has 0 saturated carbocycles. The third-order valence-corrected chi connectivity index (χ3v) is 6.17. The molecular formula is C26H26N2O10. The smallest absolute Gasteiger partial charge is 0.415 e. The number of fused-ring (bicyclic) bond motifs is 1. The summed E-state index contributed by atoms with van der Waals surface area (Å²) in [5.74, 6) is 0.225. The van der Waals surface area contributed by atoms with Gasteiger partial charge in [0.1, 0.15) is 28.2 Å². The molecule has 0 atom stereocenters. The van der Waals surface area contributed by atoms with Crippen molar-refractivity contribution in [1.82, 2.24) is 9.80 Å². The number of methoxy groups -OCH3 is 1. The van der Waals surface area contributed by atoms with Gasteiger partial charge in [0.2, 0.25) is 0 Å². The fourth-order valence-corrected chi connectivity index (χ4v) is 4.17. The summed E-state index contributed by atoms with van der Waals surface area (Å²) in [5, 5.41) is 10.4. The van der Waals surface area contributed by atoms with Crippen LogP contribution in [-0.2, 0) is 9.47 Å². The third-order valence-electron chi connectivity index (χ3n) is 6.17. The SMILES string of the molecule is COc1ccc(-c2cc(=O)c3c(O)cc(OC(=O)N4CCOCC4)cc3o2)cc1OC(=O)N1CCOCC1. The molecule has 12 heteroatoms. The fraction of sp³-hybridized carbons (Fsp3) is 0.346. The lowest BCUT2D eigenvalue weighted by Crippen LogP contribution is -2.42. The molecule has 12 nitrogen and oxygen atoms in total. The average Bonchev–Trinajstić information content (AvgIpc) is 2.93. The van der Waals surface area contributed by atoms with Crippen LogP contribution >= 0.6 is 0 Å². The van der Waals surface area contributed by atoms with Gasteiger partial charge in [0.05, 0.1) is 33.5 Å². The quantitative estimate of drug-likeness (QED) is 0.540. The molecule has 5 rings (SSSR count). The van der Waals surface area contributed by atoms with E-state index in [0.29, 0.717) is 63.9 Å². The number of morpholine rings is 2. The van der Waals surface area contributed by atoms with Gasteiger partial charge in [-0.1, -0.05) is 0 Å². The zero-order chi connectivity index (χ0) is 26.6. The van der Waals surface area contributed by atoms with E-state index in [1.807, 2.05) is 0 Å². The van der Waals surface area contributed by atoms with Crippen LogP contribution in [0.5, 0.6) is 23.0 Å². The van der Waals surface area contributed by atoms with Crippen LogP contribution in [0.25, 0.3) is 22.3 Å². The number of ether oxygens (including phenoxy) is 5. The van der Waals surface area contributed by atoms with Gasteiger partial charge in [-0.15, -0.1) is 0 Å². The summed E-state index contributed by atoms with van der Waals surface area (Å²) in [4.78, 5) is 41.0. The minimum absolute atomic E-state index is 0.0138. The standard InChI is InChI=1S/C26H26N2O10/c1-33-20-3-2-16(12-22(20)38-26(32)28-6-10-35-11-7-28)21-15-19(30)24-18(29)13-17(14-23(24)37-21)36-25(31)27-4-8-34-9-5-27/h2-3,12-15,29H,4-11H2,1H3. The molecule has 2 fully saturated rings. The topological polar surface area (TPSA) is 137 Å². The molecule has 3 heterocycles. The molecule has 200 valence electrons. The summed E-state index contributed by atoms with van der Waals surface area (Å²) in [6.45, 7) is 3.23. The second-order valence-electron chi connectivity index (χ2n) is 8.59. The van der Waals surface area contributed by atoms with E-state index < -0.39 is 17.6 Å². The van der Waals surface area contributed by atoms with E-state index in [9.17, 15) is 19.5 Å². The van der Waals surface area contributed by atoms with Gasteiger partial charge in [-0.25, -0.2) is 9.59 Å². The van der Waals surface area contributed by atoms with Crippen LogP contribution in [0.15, 0.2) is 45.6 Å². The van der Waals surface area contributed by atoms with Gasteiger partial charge in [-0.3, -0.25) is 4.79 Å². The highest BCUT2D eigenvalue weighted by molar-refractivity contribution is 5.87. The molecule has 0 radical (unpaired) electrons. The number of hydrogen-bond donors (Lipinski definition) is 1. The number of nitrogens with zero attached hydrogens (tertiary/aromatic N) is 2. The Morgan fingerprint density at radius 1 is 0.842 bits per heavy atom. The van der Waals surface area contributed by atoms with Gasteiger partial charge < -0.3 is 43.0 Å². The predicted octanol–water partition coefficient (Wildman–Crippen LogP) is 2.84. The Hall–Kier alpha value is -4.29. The molecule has 2 aromatic carbocycles. The maximum atomic E-state index is 12.9. The minimum Gasteiger partial charge on any atom is -0.507 e. The maximum Gasteiger partial charge on any atom is 0.415 e. The number of phenols is 1. The molecule has 1 N–H and O–H groups in total. The van der Waals surface area contributed by atoms with E-state index in [0.717, 1.165) is 0 Å². The number of benzene rings is 2. The molecule has 0 spiro atoms. The number of rotatable bonds is 4. The fourth-order valence-electron chi connectivity index (χ4n) is 4.17. The van der Waals surface area contributed by atoms with Crippen LogP contribution in [-0.4, -0.2) is 86.8 Å². The Balaban J connectivity index is 1.45. The largest absolute Gasteiger partial charge is 0.507 e. The highest BCUT2D eigenvalue weighted by Crippen LogP contribution is 2.35. The first-order valence-electron chi connectivity index (χ1n) is 12.0. The number of hydrogen-bond acceptors (Lipinski definition) is 10. The van der Waals surface area contributed by atoms with Crippen molar-refractivity contribution in [1.29, 1.82) is 0 Å². The molecule has 2 saturated heterocycles. The Kier molecular flexibility index (Phi) is 7.33. The van der Waals surface area contributed by atoms with E-state index in [2.05, 4.69) is 0 Å². The zero-order valence-electron chi connectivity index (χ0n) is 20.6. The second kappa shape index (κ2) is 11.0. The monoisotopic (exact) mass is 526 g/mol. The number of amides is 2. The van der Waals surface area contributed by atoms with Crippen LogP contribution in [0, 0.1) is 0 Å². The number of carbonyl (C=O) groups is 2. The highest BCUT2D eigenvalue weighted by Gasteiger charge is 2.23. The van der Waals surface area contributed by atoms with Gasteiger partial charge in [0.25, 0.3) is 0 Å². The Morgan fingerprint density at radius 2 is 1.47 bits per heavy atom. The summed E-state index contributed by atoms with van der Waals surface area (Å²) in [5.41, 5.74) is -0.0720. The Bertz CT molecular complexity index is 1410. The Morgan fingerprint density at radius 3 is 2.11 bits per heavy atom. The van der Waals surface area contributed by atoms with E-state index in [1.165, 1.54) is 41.2 Å². The molecule has 0 bridgehead atoms. The highest BCUT2D eigenvalue weighted by atomic mass is 16.6. The lowest BCUT2D eigenvalue weighted by molar-refractivity contribution is 0.0413. The van der Waals surface area contributed by atoms with Crippen molar-refractivity contribution in [3.63, 3.8) is 0 Å². The van der Waals surface area contributed by atoms with Crippen molar-refractivity contribution < 1.29 is 42.8 Å². The van der Waals surface area contributed by atoms with Crippen molar-refractivity contribution in [2.75, 3.05) is 59.7 Å². The first-order chi connectivity index (χ1) is 18.4. The van der Waals surface area contributed by atoms with Crippen molar-refractivity contribution >= 4 is 23.2 Å². The van der Waals surface area contributed by atoms with Gasteiger partial charge in [0, 0.05) is 49.9 Å². The summed E-state index contributed by atoms with van der Waals surface area (Å²) in [7, 11) is 1.44. The van der Waals surface area contributed by atoms with Crippen molar-refractivity contribution in [2.45, 2.75) is 0 Å². The maximum absolute atomic E-state index is 12.9. The normalized spacial score (nSPS) is 15.8. The number of carbonyl (C=O) groups excluding carboxylic acids is 2. The number of phenolic OH excluding ortho intramolecular Hbond substituents is 1. The van der Waals surface area contributed by atoms with E-state index in [1.54, 1.807) is 12.1 Å². The first-order valence-corrected chi connectivity index (χ1v) is 12.0. The summed E-state index contributed by atoms with van der Waals surface area (Å²) >= 11 is 0. The summed E-state index contributed by atoms with van der Waals surface area (Å²) in [6, 6.07) is 8.51. The van der Waals surface area contributed by atoms with Crippen LogP contribution in [0.1, 0.15) is 0 Å². The van der Waals surface area contributed by atoms with Gasteiger partial charge in [0.15, 0.2) is 16.9 Å². The van der Waals surface area contributed by atoms with Gasteiger partial charge >= 0.3 is 12.2 Å². The lowest BCUT2D eigenvalue weighted by atomic mass is 10.1. The first kappa shape index (κ1) is 25.4. The average molecular weight is 526 g/mol. The molecule has 2 aliphatic rings. The van der Waals surface area contributed by atoms with E-state index in [-0.39, 0.29) is 34.0 Å². The zero-order valence-corrected chi connectivity index (χ0v) is 20.6. The molecule has 2 aliphatic heterocycles. The van der Waals surface area contributed by atoms with Gasteiger partial charge in [-0.05, 0) is 18.2 Å². The van der Waals surface area contributed by atoms with Crippen LogP contribution in [0.2, 0.25) is 0 Å². The van der Waals surface area contributed by atoms with E-state index in [4.69, 9.17) is 28.1 Å². The molecule has 3 aromatic rings. The third kappa shape index (κ3) is 5.36. The summed E-state index contributed by atoms with van der Waals surface area (Å²) < 4.78 is 32.7. The van der Waals surface area contributed by atoms with Gasteiger partial charge in [-0.2, -0.15) is 0 Å². The van der Waals surface area contributed by atoms with Crippen LogP contribution in [0.4, 0.5) is 9.59 Å². The van der Waals surface area contributed by atoms with Crippen molar-refractivity contribution in [3.8, 4) is 34.3 Å². The minimum atomic E-state index is -0.604. The van der Waals surface area contributed by atoms with E-state index >= 15 is 0 Å².